The summed E-state index contributed by atoms with van der Waals surface area (Å²) in [6.07, 6.45) is 8.57. The molecule has 8 heteroatoms. The van der Waals surface area contributed by atoms with E-state index in [1.807, 2.05) is 25.1 Å². The van der Waals surface area contributed by atoms with Crippen LogP contribution in [0, 0.1) is 5.82 Å². The Balaban J connectivity index is 1.50. The van der Waals surface area contributed by atoms with Crippen molar-refractivity contribution in [3.63, 3.8) is 0 Å². The van der Waals surface area contributed by atoms with Crippen LogP contribution in [0.1, 0.15) is 26.2 Å². The number of anilines is 1. The largest absolute Gasteiger partial charge is 0.384 e. The van der Waals surface area contributed by atoms with Gasteiger partial charge in [0.1, 0.15) is 5.82 Å². The van der Waals surface area contributed by atoms with Crippen molar-refractivity contribution in [1.82, 2.24) is 14.3 Å². The van der Waals surface area contributed by atoms with Gasteiger partial charge in [0.05, 0.1) is 11.4 Å². The third-order valence-electron chi connectivity index (χ3n) is 5.35. The van der Waals surface area contributed by atoms with Gasteiger partial charge >= 0.3 is 0 Å². The van der Waals surface area contributed by atoms with Gasteiger partial charge in [-0.15, -0.1) is 0 Å². The van der Waals surface area contributed by atoms with Crippen LogP contribution >= 0.6 is 0 Å². The molecule has 0 bridgehead atoms. The number of pyridine rings is 2. The van der Waals surface area contributed by atoms with E-state index < -0.39 is 10.0 Å². The minimum Gasteiger partial charge on any atom is -0.384 e. The molecule has 1 fully saturated rings. The number of halogens is 1. The summed E-state index contributed by atoms with van der Waals surface area (Å²) in [5, 5.41) is 5.18. The number of benzene rings is 1. The van der Waals surface area contributed by atoms with Crippen molar-refractivity contribution in [2.24, 2.45) is 0 Å². The molecule has 6 nitrogen and oxygen atoms in total. The maximum absolute atomic E-state index is 13.6. The van der Waals surface area contributed by atoms with E-state index in [1.54, 1.807) is 22.9 Å². The fourth-order valence-corrected chi connectivity index (χ4v) is 5.50. The molecule has 4 rings (SSSR count). The number of sulfonamides is 1. The Morgan fingerprint density at radius 2 is 1.97 bits per heavy atom. The van der Waals surface area contributed by atoms with Gasteiger partial charge in [0.2, 0.25) is 10.0 Å². The van der Waals surface area contributed by atoms with Crippen molar-refractivity contribution < 1.29 is 12.8 Å². The summed E-state index contributed by atoms with van der Waals surface area (Å²) < 4.78 is 40.1. The second-order valence-electron chi connectivity index (χ2n) is 7.53. The zero-order chi connectivity index (χ0) is 21.1. The second-order valence-corrected chi connectivity index (χ2v) is 9.74. The molecule has 158 valence electrons. The summed E-state index contributed by atoms with van der Waals surface area (Å²) in [5.41, 5.74) is 2.44. The monoisotopic (exact) mass is 428 g/mol. The van der Waals surface area contributed by atoms with Crippen molar-refractivity contribution >= 4 is 26.5 Å². The molecule has 1 aliphatic rings. The van der Waals surface area contributed by atoms with Gasteiger partial charge in [-0.25, -0.2) is 17.1 Å². The highest BCUT2D eigenvalue weighted by molar-refractivity contribution is 7.90. The van der Waals surface area contributed by atoms with E-state index >= 15 is 0 Å². The van der Waals surface area contributed by atoms with Gasteiger partial charge in [-0.05, 0) is 54.5 Å². The first kappa shape index (κ1) is 20.7. The first-order valence-corrected chi connectivity index (χ1v) is 11.7. The van der Waals surface area contributed by atoms with E-state index in [4.69, 9.17) is 0 Å². The Bertz CT molecular complexity index is 1150. The van der Waals surface area contributed by atoms with Crippen molar-refractivity contribution in [3.05, 3.63) is 54.9 Å². The Hall–Kier alpha value is -2.58. The number of aromatic nitrogens is 2. The van der Waals surface area contributed by atoms with Gasteiger partial charge < -0.3 is 5.32 Å². The average Bonchev–Trinajstić information content (AvgIpc) is 3.59. The van der Waals surface area contributed by atoms with Crippen molar-refractivity contribution in [2.45, 2.75) is 31.4 Å². The first-order valence-electron chi connectivity index (χ1n) is 10.2. The minimum atomic E-state index is -3.15. The maximum Gasteiger partial charge on any atom is 0.216 e. The lowest BCUT2D eigenvalue weighted by Gasteiger charge is -2.20. The standard InChI is InChI=1S/C22H25FN4O2S/c1-2-27(30(28,29)20-4-5-20)9-3-7-26-22-12-17(18-11-19(23)14-25-13-18)10-16-6-8-24-15-21(16)22/h6,8,10-15,20,26H,2-5,7,9H2,1H3. The topological polar surface area (TPSA) is 75.2 Å². The van der Waals surface area contributed by atoms with Crippen LogP contribution in [0.2, 0.25) is 0 Å². The highest BCUT2D eigenvalue weighted by Crippen LogP contribution is 2.32. The zero-order valence-corrected chi connectivity index (χ0v) is 17.7. The van der Waals surface area contributed by atoms with Crippen molar-refractivity contribution in [1.29, 1.82) is 0 Å². The summed E-state index contributed by atoms with van der Waals surface area (Å²) in [6.45, 7) is 3.48. The molecule has 3 aromatic rings. The lowest BCUT2D eigenvalue weighted by molar-refractivity contribution is 0.423. The van der Waals surface area contributed by atoms with Crippen LogP contribution < -0.4 is 5.32 Å². The highest BCUT2D eigenvalue weighted by atomic mass is 32.2. The van der Waals surface area contributed by atoms with E-state index in [1.165, 1.54) is 12.3 Å². The number of hydrogen-bond acceptors (Lipinski definition) is 5. The Kier molecular flexibility index (Phi) is 5.97. The number of nitrogens with zero attached hydrogens (tertiary/aromatic N) is 3. The first-order chi connectivity index (χ1) is 14.5. The van der Waals surface area contributed by atoms with Crippen LogP contribution in [0.4, 0.5) is 10.1 Å². The van der Waals surface area contributed by atoms with Gasteiger partial charge in [0.15, 0.2) is 0 Å². The Labute approximate surface area is 176 Å². The van der Waals surface area contributed by atoms with E-state index in [0.717, 1.165) is 34.9 Å². The summed E-state index contributed by atoms with van der Waals surface area (Å²) in [5.74, 6) is -0.381. The molecule has 0 saturated heterocycles. The normalized spacial score (nSPS) is 14.4. The van der Waals surface area contributed by atoms with E-state index in [-0.39, 0.29) is 11.1 Å². The van der Waals surface area contributed by atoms with Crippen LogP contribution in [0.15, 0.2) is 49.1 Å². The third kappa shape index (κ3) is 4.44. The molecule has 0 amide bonds. The number of fused-ring (bicyclic) bond motifs is 1. The minimum absolute atomic E-state index is 0.183. The van der Waals surface area contributed by atoms with Crippen molar-refractivity contribution in [3.8, 4) is 11.1 Å². The number of nitrogens with one attached hydrogen (secondary N) is 1. The van der Waals surface area contributed by atoms with Crippen LogP contribution in [0.3, 0.4) is 0 Å². The summed E-state index contributed by atoms with van der Waals surface area (Å²) in [4.78, 5) is 8.17. The predicted octanol–water partition coefficient (Wildman–Crippen LogP) is 4.05. The van der Waals surface area contributed by atoms with Gasteiger partial charge in [0.25, 0.3) is 0 Å². The molecule has 0 atom stereocenters. The van der Waals surface area contributed by atoms with E-state index in [0.29, 0.717) is 31.6 Å². The molecule has 1 aromatic carbocycles. The molecule has 2 aromatic heterocycles. The number of rotatable bonds is 9. The molecule has 30 heavy (non-hydrogen) atoms. The molecule has 0 radical (unpaired) electrons. The van der Waals surface area contributed by atoms with Gasteiger partial charge in [-0.2, -0.15) is 0 Å². The zero-order valence-electron chi connectivity index (χ0n) is 16.9. The summed E-state index contributed by atoms with van der Waals surface area (Å²) in [7, 11) is -3.15. The molecule has 0 spiro atoms. The van der Waals surface area contributed by atoms with Crippen molar-refractivity contribution in [2.75, 3.05) is 25.0 Å². The van der Waals surface area contributed by atoms with E-state index in [9.17, 15) is 12.8 Å². The fraction of sp³-hybridized carbons (Fsp3) is 0.364. The fourth-order valence-electron chi connectivity index (χ4n) is 3.60. The predicted molar refractivity (Wildman–Crippen MR) is 117 cm³/mol. The molecular weight excluding hydrogens is 403 g/mol. The second kappa shape index (κ2) is 8.65. The van der Waals surface area contributed by atoms with Gasteiger partial charge in [0, 0.05) is 54.9 Å². The molecule has 2 heterocycles. The molecule has 1 saturated carbocycles. The highest BCUT2D eigenvalue weighted by Gasteiger charge is 2.39. The molecule has 1 N–H and O–H groups in total. The SMILES string of the molecule is CCN(CCCNc1cc(-c2cncc(F)c2)cc2ccncc12)S(=O)(=O)C1CC1. The smallest absolute Gasteiger partial charge is 0.216 e. The van der Waals surface area contributed by atoms with Crippen LogP contribution in [0.5, 0.6) is 0 Å². The summed E-state index contributed by atoms with van der Waals surface area (Å²) in [6, 6.07) is 7.32. The molecule has 0 aliphatic heterocycles. The van der Waals surface area contributed by atoms with E-state index in [2.05, 4.69) is 15.3 Å². The Morgan fingerprint density at radius 1 is 1.13 bits per heavy atom. The molecular formula is C22H25FN4O2S. The molecule has 1 aliphatic carbocycles. The quantitative estimate of drug-likeness (QED) is 0.521. The maximum atomic E-state index is 13.6. The summed E-state index contributed by atoms with van der Waals surface area (Å²) >= 11 is 0. The van der Waals surface area contributed by atoms with Crippen LogP contribution in [0.25, 0.3) is 21.9 Å². The number of hydrogen-bond donors (Lipinski definition) is 1. The lowest BCUT2D eigenvalue weighted by Crippen LogP contribution is -2.35. The Morgan fingerprint density at radius 3 is 2.70 bits per heavy atom. The van der Waals surface area contributed by atoms with Crippen LogP contribution in [-0.2, 0) is 10.0 Å². The lowest BCUT2D eigenvalue weighted by atomic mass is 10.0. The third-order valence-corrected chi connectivity index (χ3v) is 7.83. The average molecular weight is 429 g/mol. The van der Waals surface area contributed by atoms with Gasteiger partial charge in [-0.1, -0.05) is 6.92 Å². The van der Waals surface area contributed by atoms with Crippen LogP contribution in [-0.4, -0.2) is 47.6 Å². The van der Waals surface area contributed by atoms with Gasteiger partial charge in [-0.3, -0.25) is 9.97 Å². The molecule has 0 unspecified atom stereocenters.